The molecule has 2 rings (SSSR count). The number of aromatic nitrogens is 1. The van der Waals surface area contributed by atoms with Crippen molar-refractivity contribution in [2.24, 2.45) is 0 Å². The van der Waals surface area contributed by atoms with Crippen molar-refractivity contribution in [1.82, 2.24) is 9.88 Å². The van der Waals surface area contributed by atoms with E-state index in [1.807, 2.05) is 18.2 Å². The fourth-order valence-corrected chi connectivity index (χ4v) is 2.27. The predicted octanol–water partition coefficient (Wildman–Crippen LogP) is 3.26. The van der Waals surface area contributed by atoms with Crippen molar-refractivity contribution in [2.45, 2.75) is 19.9 Å². The lowest BCUT2D eigenvalue weighted by atomic mass is 10.0. The fourth-order valence-electron chi connectivity index (χ4n) is 2.27. The van der Waals surface area contributed by atoms with Crippen LogP contribution in [-0.4, -0.2) is 29.9 Å². The quantitative estimate of drug-likeness (QED) is 0.936. The first-order valence-corrected chi connectivity index (χ1v) is 6.99. The molecule has 0 aliphatic carbocycles. The molecule has 0 fully saturated rings. The third kappa shape index (κ3) is 3.60. The zero-order valence-electron chi connectivity index (χ0n) is 12.9. The van der Waals surface area contributed by atoms with Gasteiger partial charge in [-0.2, -0.15) is 0 Å². The van der Waals surface area contributed by atoms with Crippen molar-refractivity contribution >= 4 is 11.6 Å². The van der Waals surface area contributed by atoms with Crippen molar-refractivity contribution in [2.75, 3.05) is 19.4 Å². The van der Waals surface area contributed by atoms with Gasteiger partial charge in [0.05, 0.1) is 0 Å². The molecular weight excluding hydrogens is 262 g/mol. The van der Waals surface area contributed by atoms with E-state index in [9.17, 15) is 4.79 Å². The van der Waals surface area contributed by atoms with E-state index in [0.29, 0.717) is 5.69 Å². The Hall–Kier alpha value is -2.36. The maximum atomic E-state index is 11.9. The smallest absolute Gasteiger partial charge is 0.272 e. The van der Waals surface area contributed by atoms with Gasteiger partial charge in [0.2, 0.25) is 0 Å². The van der Waals surface area contributed by atoms with Gasteiger partial charge in [-0.15, -0.1) is 0 Å². The molecule has 1 amide bonds. The maximum Gasteiger partial charge on any atom is 0.272 e. The topological polar surface area (TPSA) is 45.2 Å². The summed E-state index contributed by atoms with van der Waals surface area (Å²) in [4.78, 5) is 17.6. The first-order chi connectivity index (χ1) is 9.99. The summed E-state index contributed by atoms with van der Waals surface area (Å²) < 4.78 is 0. The second kappa shape index (κ2) is 6.39. The van der Waals surface area contributed by atoms with Crippen molar-refractivity contribution in [3.63, 3.8) is 0 Å². The zero-order valence-corrected chi connectivity index (χ0v) is 12.9. The van der Waals surface area contributed by atoms with E-state index < -0.39 is 0 Å². The molecule has 0 bridgehead atoms. The molecule has 0 saturated heterocycles. The van der Waals surface area contributed by atoms with Gasteiger partial charge in [-0.05, 0) is 37.1 Å². The summed E-state index contributed by atoms with van der Waals surface area (Å²) in [6, 6.07) is 12.1. The minimum atomic E-state index is -0.0952. The van der Waals surface area contributed by atoms with Gasteiger partial charge in [0, 0.05) is 32.0 Å². The van der Waals surface area contributed by atoms with Crippen LogP contribution in [0.3, 0.4) is 0 Å². The fraction of sp³-hybridized carbons (Fsp3) is 0.294. The molecule has 4 heteroatoms. The molecule has 1 aromatic carbocycles. The van der Waals surface area contributed by atoms with Gasteiger partial charge in [0.1, 0.15) is 5.69 Å². The normalized spacial score (nSPS) is 11.8. The first kappa shape index (κ1) is 15.0. The number of benzene rings is 1. The van der Waals surface area contributed by atoms with Crippen molar-refractivity contribution < 1.29 is 4.79 Å². The number of anilines is 1. The molecule has 1 heterocycles. The van der Waals surface area contributed by atoms with Crippen molar-refractivity contribution in [1.29, 1.82) is 0 Å². The van der Waals surface area contributed by atoms with Crippen LogP contribution in [0.15, 0.2) is 42.6 Å². The summed E-state index contributed by atoms with van der Waals surface area (Å²) in [5, 5.41) is 3.42. The Balaban J connectivity index is 2.18. The lowest BCUT2D eigenvalue weighted by Gasteiger charge is -2.18. The highest BCUT2D eigenvalue weighted by atomic mass is 16.2. The van der Waals surface area contributed by atoms with E-state index in [2.05, 4.69) is 36.3 Å². The molecule has 0 saturated carbocycles. The van der Waals surface area contributed by atoms with Crippen LogP contribution in [0.1, 0.15) is 34.6 Å². The van der Waals surface area contributed by atoms with Gasteiger partial charge >= 0.3 is 0 Å². The molecule has 2 aromatic rings. The van der Waals surface area contributed by atoms with Gasteiger partial charge in [0.25, 0.3) is 5.91 Å². The highest BCUT2D eigenvalue weighted by Crippen LogP contribution is 2.22. The molecule has 0 radical (unpaired) electrons. The predicted molar refractivity (Wildman–Crippen MR) is 85.5 cm³/mol. The highest BCUT2D eigenvalue weighted by molar-refractivity contribution is 5.92. The minimum absolute atomic E-state index is 0.0952. The summed E-state index contributed by atoms with van der Waals surface area (Å²) >= 11 is 0. The average Bonchev–Trinajstić information content (AvgIpc) is 2.47. The maximum absolute atomic E-state index is 11.9. The van der Waals surface area contributed by atoms with Crippen LogP contribution in [0, 0.1) is 6.92 Å². The number of nitrogens with zero attached hydrogens (tertiary/aromatic N) is 2. The molecule has 110 valence electrons. The van der Waals surface area contributed by atoms with Crippen LogP contribution in [0.25, 0.3) is 0 Å². The first-order valence-electron chi connectivity index (χ1n) is 6.99. The number of carbonyl (C=O) groups excluding carboxylic acids is 1. The van der Waals surface area contributed by atoms with Crippen molar-refractivity contribution in [3.8, 4) is 0 Å². The van der Waals surface area contributed by atoms with Gasteiger partial charge in [-0.25, -0.2) is 0 Å². The minimum Gasteiger partial charge on any atom is -0.378 e. The molecule has 1 unspecified atom stereocenters. The highest BCUT2D eigenvalue weighted by Gasteiger charge is 2.12. The average molecular weight is 283 g/mol. The lowest BCUT2D eigenvalue weighted by Crippen LogP contribution is -2.22. The Morgan fingerprint density at radius 1 is 1.24 bits per heavy atom. The number of hydrogen-bond donors (Lipinski definition) is 1. The molecule has 4 nitrogen and oxygen atoms in total. The monoisotopic (exact) mass is 283 g/mol. The number of amides is 1. The van der Waals surface area contributed by atoms with Gasteiger partial charge in [0.15, 0.2) is 0 Å². The van der Waals surface area contributed by atoms with Crippen LogP contribution >= 0.6 is 0 Å². The summed E-state index contributed by atoms with van der Waals surface area (Å²) in [5.41, 5.74) is 3.83. The molecule has 0 spiro atoms. The van der Waals surface area contributed by atoms with Crippen molar-refractivity contribution in [3.05, 3.63) is 59.4 Å². The van der Waals surface area contributed by atoms with Gasteiger partial charge in [-0.3, -0.25) is 9.78 Å². The third-order valence-corrected chi connectivity index (χ3v) is 3.42. The number of rotatable bonds is 4. The molecule has 1 N–H and O–H groups in total. The largest absolute Gasteiger partial charge is 0.378 e. The molecule has 1 atom stereocenters. The second-order valence-corrected chi connectivity index (χ2v) is 5.35. The molecule has 1 aromatic heterocycles. The number of hydrogen-bond acceptors (Lipinski definition) is 3. The zero-order chi connectivity index (χ0) is 15.4. The van der Waals surface area contributed by atoms with E-state index in [1.165, 1.54) is 16.0 Å². The Bertz CT molecular complexity index is 637. The Kier molecular flexibility index (Phi) is 4.58. The Morgan fingerprint density at radius 2 is 1.95 bits per heavy atom. The van der Waals surface area contributed by atoms with E-state index >= 15 is 0 Å². The third-order valence-electron chi connectivity index (χ3n) is 3.42. The number of carbonyl (C=O) groups is 1. The molecule has 0 aliphatic heterocycles. The van der Waals surface area contributed by atoms with Gasteiger partial charge in [-0.1, -0.05) is 24.3 Å². The molecule has 0 aliphatic rings. The van der Waals surface area contributed by atoms with Crippen LogP contribution in [-0.2, 0) is 0 Å². The number of aryl methyl sites for hydroxylation is 1. The van der Waals surface area contributed by atoms with Crippen LogP contribution in [0.4, 0.5) is 5.69 Å². The summed E-state index contributed by atoms with van der Waals surface area (Å²) in [6.07, 6.45) is 1.66. The SMILES string of the molecule is Cc1ccccc1C(C)Nc1ccnc(C(=O)N(C)C)c1. The van der Waals surface area contributed by atoms with E-state index in [1.54, 1.807) is 26.4 Å². The summed E-state index contributed by atoms with van der Waals surface area (Å²) in [5.74, 6) is -0.0952. The molecule has 21 heavy (non-hydrogen) atoms. The van der Waals surface area contributed by atoms with Gasteiger partial charge < -0.3 is 10.2 Å². The summed E-state index contributed by atoms with van der Waals surface area (Å²) in [7, 11) is 3.44. The van der Waals surface area contributed by atoms with E-state index in [4.69, 9.17) is 0 Å². The number of nitrogens with one attached hydrogen (secondary N) is 1. The second-order valence-electron chi connectivity index (χ2n) is 5.35. The van der Waals surface area contributed by atoms with E-state index in [0.717, 1.165) is 5.69 Å². The van der Waals surface area contributed by atoms with E-state index in [-0.39, 0.29) is 11.9 Å². The standard InChI is InChI=1S/C17H21N3O/c1-12-7-5-6-8-15(12)13(2)19-14-9-10-18-16(11-14)17(21)20(3)4/h5-11,13H,1-4H3,(H,18,19). The number of pyridine rings is 1. The molecular formula is C17H21N3O. The van der Waals surface area contributed by atoms with Crippen LogP contribution in [0.2, 0.25) is 0 Å². The Morgan fingerprint density at radius 3 is 2.62 bits per heavy atom. The lowest BCUT2D eigenvalue weighted by molar-refractivity contribution is 0.0822. The summed E-state index contributed by atoms with van der Waals surface area (Å²) in [6.45, 7) is 4.21. The van der Waals surface area contributed by atoms with Crippen LogP contribution < -0.4 is 5.32 Å². The van der Waals surface area contributed by atoms with Crippen LogP contribution in [0.5, 0.6) is 0 Å². The Labute approximate surface area is 125 Å².